The number of hydrogen-bond donors (Lipinski definition) is 0. The number of hydrogen-bond acceptors (Lipinski definition) is 0. The molecule has 1 aromatic carbocycles. The van der Waals surface area contributed by atoms with Crippen LogP contribution in [0.5, 0.6) is 0 Å². The lowest BCUT2D eigenvalue weighted by Gasteiger charge is -2.28. The third-order valence-corrected chi connectivity index (χ3v) is 12.2. The van der Waals surface area contributed by atoms with Crippen molar-refractivity contribution in [1.82, 2.24) is 0 Å². The molecular weight excluding hydrogens is 254 g/mol. The Balaban J connectivity index is 3.74. The van der Waals surface area contributed by atoms with E-state index in [9.17, 15) is 0 Å². The summed E-state index contributed by atoms with van der Waals surface area (Å²) in [5, 5.41) is 6.40. The predicted octanol–water partition coefficient (Wildman–Crippen LogP) is 3.92. The van der Waals surface area contributed by atoms with Gasteiger partial charge in [-0.2, -0.15) is 0 Å². The van der Waals surface area contributed by atoms with Crippen molar-refractivity contribution in [2.24, 2.45) is 0 Å². The van der Waals surface area contributed by atoms with Gasteiger partial charge in [0.05, 0.1) is 0 Å². The second-order valence-corrected chi connectivity index (χ2v) is 14.9. The Morgan fingerprint density at radius 3 is 1.17 bits per heavy atom. The summed E-state index contributed by atoms with van der Waals surface area (Å²) in [7, 11) is 0. The van der Waals surface area contributed by atoms with Crippen LogP contribution in [0, 0.1) is 0 Å². The van der Waals surface area contributed by atoms with Gasteiger partial charge in [0.25, 0.3) is 0 Å². The number of benzene rings is 1. The minimum Gasteiger partial charge on any atom is -0.0839 e. The average molecular weight is 282 g/mol. The molecule has 18 heavy (non-hydrogen) atoms. The van der Waals surface area contributed by atoms with Crippen molar-refractivity contribution in [2.75, 3.05) is 26.7 Å². The molecule has 0 unspecified atom stereocenters. The summed E-state index contributed by atoms with van der Waals surface area (Å²) in [4.78, 5) is 0. The first kappa shape index (κ1) is 15.9. The van der Waals surface area contributed by atoms with Gasteiger partial charge >= 0.3 is 0 Å². The highest BCUT2D eigenvalue weighted by molar-refractivity contribution is 7.87. The highest BCUT2D eigenvalue weighted by Crippen LogP contribution is 2.45. The quantitative estimate of drug-likeness (QED) is 0.721. The van der Waals surface area contributed by atoms with Gasteiger partial charge in [0.1, 0.15) is 0 Å². The first-order valence-electron chi connectivity index (χ1n) is 6.51. The molecule has 0 bridgehead atoms. The fourth-order valence-corrected chi connectivity index (χ4v) is 6.57. The first-order chi connectivity index (χ1) is 8.11. The second-order valence-electron chi connectivity index (χ2n) is 6.29. The van der Waals surface area contributed by atoms with Crippen molar-refractivity contribution >= 4 is 35.0 Å². The van der Waals surface area contributed by atoms with Gasteiger partial charge in [0.15, 0.2) is 0 Å². The lowest BCUT2D eigenvalue weighted by Crippen LogP contribution is -2.27. The smallest absolute Gasteiger partial charge is 0.0174 e. The summed E-state index contributed by atoms with van der Waals surface area (Å²) in [5.41, 5.74) is 0. The van der Waals surface area contributed by atoms with Crippen LogP contribution in [0.3, 0.4) is 0 Å². The van der Waals surface area contributed by atoms with Crippen molar-refractivity contribution in [2.45, 2.75) is 27.7 Å². The van der Waals surface area contributed by atoms with Crippen LogP contribution in [0.2, 0.25) is 0 Å². The van der Waals surface area contributed by atoms with E-state index in [4.69, 9.17) is 0 Å². The summed E-state index contributed by atoms with van der Waals surface area (Å²) in [6.07, 6.45) is 0. The van der Waals surface area contributed by atoms with Crippen LogP contribution in [0.15, 0.2) is 24.3 Å². The van der Waals surface area contributed by atoms with Gasteiger partial charge in [-0.05, 0) is 65.0 Å². The number of rotatable bonds is 2. The van der Waals surface area contributed by atoms with E-state index >= 15 is 0 Å². The van der Waals surface area contributed by atoms with Crippen molar-refractivity contribution in [3.63, 3.8) is 0 Å². The lowest BCUT2D eigenvalue weighted by molar-refractivity contribution is 1.78. The first-order valence-corrected chi connectivity index (χ1v) is 11.9. The molecule has 0 fully saturated rings. The minimum atomic E-state index is -1.11. The Kier molecular flexibility index (Phi) is 4.80. The standard InChI is InChI=1S/C16H28P2/c1-13(2)17(5,6)15-11-9-10-12-16(15)18(7,8)14(3)4/h9-12H,1-8H3. The van der Waals surface area contributed by atoms with E-state index in [1.807, 2.05) is 0 Å². The Morgan fingerprint density at radius 1 is 0.667 bits per heavy atom. The van der Waals surface area contributed by atoms with Crippen LogP contribution < -0.4 is 10.6 Å². The van der Waals surface area contributed by atoms with Crippen molar-refractivity contribution < 1.29 is 0 Å². The lowest BCUT2D eigenvalue weighted by atomic mass is 10.4. The van der Waals surface area contributed by atoms with Crippen LogP contribution in [0.4, 0.5) is 0 Å². The molecular formula is C16H28P2. The fourth-order valence-electron chi connectivity index (χ4n) is 1.89. The summed E-state index contributed by atoms with van der Waals surface area (Å²) in [6, 6.07) is 9.13. The third-order valence-electron chi connectivity index (χ3n) is 4.32. The van der Waals surface area contributed by atoms with Gasteiger partial charge in [0, 0.05) is 0 Å². The van der Waals surface area contributed by atoms with E-state index in [2.05, 4.69) is 78.6 Å². The zero-order valence-electron chi connectivity index (χ0n) is 13.2. The third kappa shape index (κ3) is 2.87. The topological polar surface area (TPSA) is 0 Å². The molecule has 0 atom stereocenters. The van der Waals surface area contributed by atoms with E-state index in [0.717, 1.165) is 0 Å². The van der Waals surface area contributed by atoms with Gasteiger partial charge in [-0.1, -0.05) is 48.6 Å². The molecule has 0 radical (unpaired) electrons. The Labute approximate surface area is 114 Å². The van der Waals surface area contributed by atoms with E-state index in [0.29, 0.717) is 0 Å². The summed E-state index contributed by atoms with van der Waals surface area (Å²) in [5.74, 6) is 0. The van der Waals surface area contributed by atoms with E-state index in [-0.39, 0.29) is 0 Å². The zero-order chi connectivity index (χ0) is 14.1. The predicted molar refractivity (Wildman–Crippen MR) is 96.0 cm³/mol. The van der Waals surface area contributed by atoms with Crippen LogP contribution in [-0.2, 0) is 0 Å². The van der Waals surface area contributed by atoms with Gasteiger partial charge in [-0.15, -0.1) is 0 Å². The van der Waals surface area contributed by atoms with E-state index < -0.39 is 13.8 Å². The van der Waals surface area contributed by atoms with Crippen LogP contribution >= 0.6 is 13.8 Å². The molecule has 0 saturated heterocycles. The molecule has 0 spiro atoms. The molecule has 0 aliphatic heterocycles. The van der Waals surface area contributed by atoms with Gasteiger partial charge < -0.3 is 0 Å². The molecule has 0 amide bonds. The van der Waals surface area contributed by atoms with Crippen LogP contribution in [-0.4, -0.2) is 37.2 Å². The maximum absolute atomic E-state index is 2.45. The molecule has 2 heteroatoms. The summed E-state index contributed by atoms with van der Waals surface area (Å²) < 4.78 is 0. The Bertz CT molecular complexity index is 491. The van der Waals surface area contributed by atoms with Gasteiger partial charge in [-0.3, -0.25) is 0 Å². The molecule has 0 nitrogen and oxygen atoms in total. The van der Waals surface area contributed by atoms with Crippen molar-refractivity contribution in [3.8, 4) is 0 Å². The largest absolute Gasteiger partial charge is 0.0839 e. The normalized spacial score (nSPS) is 12.4. The average Bonchev–Trinajstić information content (AvgIpc) is 2.28. The summed E-state index contributed by atoms with van der Waals surface area (Å²) in [6.45, 7) is 16.7. The van der Waals surface area contributed by atoms with Crippen LogP contribution in [0.25, 0.3) is 0 Å². The molecule has 0 aliphatic rings. The monoisotopic (exact) mass is 282 g/mol. The van der Waals surface area contributed by atoms with Crippen molar-refractivity contribution in [1.29, 1.82) is 0 Å². The van der Waals surface area contributed by atoms with Crippen molar-refractivity contribution in [3.05, 3.63) is 24.3 Å². The molecule has 0 aliphatic carbocycles. The second kappa shape index (κ2) is 5.44. The fraction of sp³-hybridized carbons (Fsp3) is 0.500. The Morgan fingerprint density at radius 2 is 0.944 bits per heavy atom. The molecule has 1 rings (SSSR count). The highest BCUT2D eigenvalue weighted by Gasteiger charge is 2.19. The van der Waals surface area contributed by atoms with Crippen LogP contribution in [0.1, 0.15) is 27.7 Å². The molecule has 102 valence electrons. The highest BCUT2D eigenvalue weighted by atomic mass is 31.2. The van der Waals surface area contributed by atoms with Gasteiger partial charge in [-0.25, -0.2) is 0 Å². The summed E-state index contributed by atoms with van der Waals surface area (Å²) >= 11 is 0. The Hall–Kier alpha value is -0.180. The SMILES string of the molecule is CC(C)=P(C)(C)c1ccccc1P(C)(C)=C(C)C. The maximum atomic E-state index is 2.45. The zero-order valence-corrected chi connectivity index (χ0v) is 15.0. The minimum absolute atomic E-state index is 1.11. The van der Waals surface area contributed by atoms with E-state index in [1.165, 1.54) is 0 Å². The van der Waals surface area contributed by atoms with Gasteiger partial charge in [0.2, 0.25) is 0 Å². The molecule has 0 saturated carbocycles. The molecule has 0 heterocycles. The maximum Gasteiger partial charge on any atom is -0.0174 e. The van der Waals surface area contributed by atoms with E-state index in [1.54, 1.807) is 21.2 Å². The molecule has 1 aromatic rings. The molecule has 0 aromatic heterocycles. The molecule has 0 N–H and O–H groups in total.